The molecule has 2 aromatic rings. The van der Waals surface area contributed by atoms with Crippen molar-refractivity contribution in [1.82, 2.24) is 9.91 Å². The fourth-order valence-corrected chi connectivity index (χ4v) is 4.81. The van der Waals surface area contributed by atoms with Crippen LogP contribution in [0.5, 0.6) is 5.75 Å². The Morgan fingerprint density at radius 2 is 1.94 bits per heavy atom. The van der Waals surface area contributed by atoms with Crippen molar-refractivity contribution in [2.45, 2.75) is 44.2 Å². The molecule has 32 heavy (non-hydrogen) atoms. The van der Waals surface area contributed by atoms with Crippen LogP contribution in [-0.2, 0) is 4.79 Å². The minimum Gasteiger partial charge on any atom is -0.496 e. The molecular formula is C26H30FN3O2. The Morgan fingerprint density at radius 3 is 2.66 bits per heavy atom. The van der Waals surface area contributed by atoms with Crippen LogP contribution >= 0.6 is 0 Å². The number of halogens is 1. The Hall–Kier alpha value is -2.99. The molecule has 5 nitrogen and oxygen atoms in total. The van der Waals surface area contributed by atoms with Crippen LogP contribution in [0.4, 0.5) is 4.39 Å². The summed E-state index contributed by atoms with van der Waals surface area (Å²) < 4.78 is 20.1. The monoisotopic (exact) mass is 435 g/mol. The van der Waals surface area contributed by atoms with Crippen molar-refractivity contribution < 1.29 is 13.9 Å². The van der Waals surface area contributed by atoms with Crippen LogP contribution in [-0.4, -0.2) is 47.8 Å². The van der Waals surface area contributed by atoms with Crippen LogP contribution in [0.1, 0.15) is 49.3 Å². The second-order valence-electron chi connectivity index (χ2n) is 8.38. The van der Waals surface area contributed by atoms with E-state index in [0.29, 0.717) is 36.0 Å². The van der Waals surface area contributed by atoms with Gasteiger partial charge in [0.05, 0.1) is 25.4 Å². The Labute approximate surface area is 189 Å². The van der Waals surface area contributed by atoms with Crippen LogP contribution in [0.25, 0.3) is 0 Å². The predicted octanol–water partition coefficient (Wildman–Crippen LogP) is 4.94. The van der Waals surface area contributed by atoms with Crippen molar-refractivity contribution in [3.63, 3.8) is 0 Å². The fourth-order valence-electron chi connectivity index (χ4n) is 4.81. The topological polar surface area (TPSA) is 45.1 Å². The normalized spacial score (nSPS) is 18.8. The molecule has 1 unspecified atom stereocenters. The third-order valence-electron chi connectivity index (χ3n) is 6.39. The summed E-state index contributed by atoms with van der Waals surface area (Å²) in [4.78, 5) is 15.7. The van der Waals surface area contributed by atoms with Gasteiger partial charge in [0.1, 0.15) is 11.6 Å². The SMILES string of the molecule is C=CCN(CC(=O)N1N=C(c2ccccc2F)CC1c1ccccc1OC)C1CCCC1. The van der Waals surface area contributed by atoms with E-state index in [1.165, 1.54) is 23.9 Å². The maximum atomic E-state index is 14.5. The van der Waals surface area contributed by atoms with Gasteiger partial charge >= 0.3 is 0 Å². The Morgan fingerprint density at radius 1 is 1.22 bits per heavy atom. The molecule has 1 atom stereocenters. The quantitative estimate of drug-likeness (QED) is 0.552. The van der Waals surface area contributed by atoms with E-state index in [1.54, 1.807) is 25.3 Å². The van der Waals surface area contributed by atoms with Crippen molar-refractivity contribution in [3.05, 3.63) is 78.1 Å². The molecule has 2 aromatic carbocycles. The van der Waals surface area contributed by atoms with Crippen molar-refractivity contribution in [1.29, 1.82) is 0 Å². The number of para-hydroxylation sites is 1. The average Bonchev–Trinajstić information content (AvgIpc) is 3.49. The van der Waals surface area contributed by atoms with Gasteiger partial charge in [-0.3, -0.25) is 9.69 Å². The van der Waals surface area contributed by atoms with Gasteiger partial charge in [-0.1, -0.05) is 55.3 Å². The number of carbonyl (C=O) groups is 1. The highest BCUT2D eigenvalue weighted by Gasteiger charge is 2.36. The van der Waals surface area contributed by atoms with Gasteiger partial charge in [0.15, 0.2) is 0 Å². The molecule has 0 bridgehead atoms. The van der Waals surface area contributed by atoms with Gasteiger partial charge in [0, 0.05) is 30.1 Å². The molecule has 1 saturated carbocycles. The van der Waals surface area contributed by atoms with Crippen LogP contribution in [0.3, 0.4) is 0 Å². The predicted molar refractivity (Wildman–Crippen MR) is 124 cm³/mol. The number of hydrogen-bond donors (Lipinski definition) is 0. The molecule has 0 saturated heterocycles. The van der Waals surface area contributed by atoms with Gasteiger partial charge < -0.3 is 4.74 Å². The first-order chi connectivity index (χ1) is 15.6. The summed E-state index contributed by atoms with van der Waals surface area (Å²) in [6, 6.07) is 14.3. The van der Waals surface area contributed by atoms with E-state index in [4.69, 9.17) is 4.74 Å². The number of amides is 1. The highest BCUT2D eigenvalue weighted by molar-refractivity contribution is 6.03. The lowest BCUT2D eigenvalue weighted by Gasteiger charge is -2.30. The first-order valence-corrected chi connectivity index (χ1v) is 11.2. The van der Waals surface area contributed by atoms with E-state index in [-0.39, 0.29) is 24.3 Å². The summed E-state index contributed by atoms with van der Waals surface area (Å²) in [5.74, 6) is 0.263. The first kappa shape index (κ1) is 22.2. The number of methoxy groups -OCH3 is 1. The highest BCUT2D eigenvalue weighted by atomic mass is 19.1. The fraction of sp³-hybridized carbons (Fsp3) is 0.385. The number of hydrazone groups is 1. The van der Waals surface area contributed by atoms with Crippen LogP contribution in [0.15, 0.2) is 66.3 Å². The molecule has 1 fully saturated rings. The molecule has 0 N–H and O–H groups in total. The van der Waals surface area contributed by atoms with Crippen molar-refractivity contribution in [2.75, 3.05) is 20.2 Å². The van der Waals surface area contributed by atoms with E-state index < -0.39 is 0 Å². The van der Waals surface area contributed by atoms with E-state index in [2.05, 4.69) is 16.6 Å². The van der Waals surface area contributed by atoms with Gasteiger partial charge in [0.2, 0.25) is 0 Å². The minimum absolute atomic E-state index is 0.0963. The molecule has 1 heterocycles. The van der Waals surface area contributed by atoms with Gasteiger partial charge in [-0.15, -0.1) is 6.58 Å². The Kier molecular flexibility index (Phi) is 7.00. The number of carbonyl (C=O) groups excluding carboxylic acids is 1. The minimum atomic E-state index is -0.345. The molecule has 1 aliphatic carbocycles. The van der Waals surface area contributed by atoms with Gasteiger partial charge in [0.25, 0.3) is 5.91 Å². The zero-order chi connectivity index (χ0) is 22.5. The van der Waals surface area contributed by atoms with Crippen LogP contribution < -0.4 is 4.74 Å². The maximum absolute atomic E-state index is 14.5. The molecule has 168 valence electrons. The summed E-state index contributed by atoms with van der Waals surface area (Å²) in [6.45, 7) is 4.79. The molecule has 6 heteroatoms. The number of benzene rings is 2. The number of ether oxygens (including phenoxy) is 1. The summed E-state index contributed by atoms with van der Waals surface area (Å²) in [6.07, 6.45) is 6.85. The van der Waals surface area contributed by atoms with Gasteiger partial charge in [-0.25, -0.2) is 9.40 Å². The second kappa shape index (κ2) is 10.1. The molecular weight excluding hydrogens is 405 g/mol. The van der Waals surface area contributed by atoms with E-state index >= 15 is 0 Å². The largest absolute Gasteiger partial charge is 0.496 e. The molecule has 2 aliphatic rings. The zero-order valence-electron chi connectivity index (χ0n) is 18.5. The van der Waals surface area contributed by atoms with Crippen LogP contribution in [0, 0.1) is 5.82 Å². The van der Waals surface area contributed by atoms with Gasteiger partial charge in [-0.2, -0.15) is 5.10 Å². The average molecular weight is 436 g/mol. The first-order valence-electron chi connectivity index (χ1n) is 11.2. The zero-order valence-corrected chi connectivity index (χ0v) is 18.5. The number of rotatable bonds is 8. The van der Waals surface area contributed by atoms with Crippen molar-refractivity contribution in [3.8, 4) is 5.75 Å². The summed E-state index contributed by atoms with van der Waals surface area (Å²) >= 11 is 0. The van der Waals surface area contributed by atoms with Crippen molar-refractivity contribution >= 4 is 11.6 Å². The lowest BCUT2D eigenvalue weighted by atomic mass is 9.97. The van der Waals surface area contributed by atoms with Crippen LogP contribution in [0.2, 0.25) is 0 Å². The third-order valence-corrected chi connectivity index (χ3v) is 6.39. The number of nitrogens with zero attached hydrogens (tertiary/aromatic N) is 3. The Balaban J connectivity index is 1.66. The lowest BCUT2D eigenvalue weighted by molar-refractivity contribution is -0.134. The van der Waals surface area contributed by atoms with Gasteiger partial charge in [-0.05, 0) is 25.0 Å². The van der Waals surface area contributed by atoms with E-state index in [9.17, 15) is 9.18 Å². The molecule has 4 rings (SSSR count). The summed E-state index contributed by atoms with van der Waals surface area (Å²) in [7, 11) is 1.62. The summed E-state index contributed by atoms with van der Waals surface area (Å²) in [5, 5.41) is 6.18. The maximum Gasteiger partial charge on any atom is 0.257 e. The highest BCUT2D eigenvalue weighted by Crippen LogP contribution is 2.38. The van der Waals surface area contributed by atoms with Crippen molar-refractivity contribution in [2.24, 2.45) is 5.10 Å². The van der Waals surface area contributed by atoms with E-state index in [1.807, 2.05) is 30.3 Å². The number of hydrogen-bond acceptors (Lipinski definition) is 4. The Bertz CT molecular complexity index is 1000. The molecule has 0 aromatic heterocycles. The second-order valence-corrected chi connectivity index (χ2v) is 8.38. The molecule has 1 amide bonds. The molecule has 1 aliphatic heterocycles. The third kappa shape index (κ3) is 4.60. The summed E-state index contributed by atoms with van der Waals surface area (Å²) in [5.41, 5.74) is 1.87. The standard InChI is InChI=1S/C26H30FN3O2/c1-3-16-29(19-10-4-5-11-19)18-26(31)30-24(21-13-7-9-15-25(21)32-2)17-23(28-30)20-12-6-8-14-22(20)27/h3,6-9,12-15,19,24H,1,4-5,10-11,16-18H2,2H3. The smallest absolute Gasteiger partial charge is 0.257 e. The lowest BCUT2D eigenvalue weighted by Crippen LogP contribution is -2.42. The molecule has 0 spiro atoms. The molecule has 0 radical (unpaired) electrons. The van der Waals surface area contributed by atoms with E-state index in [0.717, 1.165) is 18.4 Å².